The molecule has 0 aromatic heterocycles. The van der Waals surface area contributed by atoms with Gasteiger partial charge in [0.1, 0.15) is 17.4 Å². The summed E-state index contributed by atoms with van der Waals surface area (Å²) < 4.78 is 9.89. The van der Waals surface area contributed by atoms with Crippen LogP contribution < -0.4 is 4.74 Å². The fourth-order valence-corrected chi connectivity index (χ4v) is 1.71. The average Bonchev–Trinajstić information content (AvgIpc) is 2.82. The fraction of sp³-hybridized carbons (Fsp3) is 0.231. The maximum absolute atomic E-state index is 11.2. The monoisotopic (exact) mass is 229 g/mol. The first kappa shape index (κ1) is 11.2. The third-order valence-electron chi connectivity index (χ3n) is 2.55. The van der Waals surface area contributed by atoms with E-state index in [0.717, 1.165) is 23.3 Å². The zero-order valence-electron chi connectivity index (χ0n) is 9.40. The first-order valence-electron chi connectivity index (χ1n) is 5.20. The van der Waals surface area contributed by atoms with Gasteiger partial charge in [-0.3, -0.25) is 0 Å². The lowest BCUT2D eigenvalue weighted by Gasteiger charge is -2.00. The molecule has 0 fully saturated rings. The Morgan fingerprint density at radius 2 is 2.41 bits per heavy atom. The van der Waals surface area contributed by atoms with Crippen molar-refractivity contribution in [1.29, 1.82) is 5.26 Å². The molecule has 0 aliphatic carbocycles. The predicted molar refractivity (Wildman–Crippen MR) is 61.2 cm³/mol. The molecule has 1 aromatic carbocycles. The number of esters is 1. The fourth-order valence-electron chi connectivity index (χ4n) is 1.71. The van der Waals surface area contributed by atoms with E-state index >= 15 is 0 Å². The second-order valence-electron chi connectivity index (χ2n) is 3.63. The molecule has 86 valence electrons. The smallest absolute Gasteiger partial charge is 0.348 e. The van der Waals surface area contributed by atoms with Crippen molar-refractivity contribution in [3.8, 4) is 11.8 Å². The maximum atomic E-state index is 11.2. The van der Waals surface area contributed by atoms with Gasteiger partial charge in [0.2, 0.25) is 0 Å². The van der Waals surface area contributed by atoms with Crippen LogP contribution in [-0.2, 0) is 16.0 Å². The Balaban J connectivity index is 2.32. The summed E-state index contributed by atoms with van der Waals surface area (Å²) in [6, 6.07) is 7.40. The van der Waals surface area contributed by atoms with Gasteiger partial charge in [0.25, 0.3) is 0 Å². The molecule has 2 rings (SSSR count). The zero-order chi connectivity index (χ0) is 12.3. The van der Waals surface area contributed by atoms with Gasteiger partial charge in [-0.15, -0.1) is 0 Å². The lowest BCUT2D eigenvalue weighted by molar-refractivity contribution is -0.135. The maximum Gasteiger partial charge on any atom is 0.348 e. The van der Waals surface area contributed by atoms with Gasteiger partial charge >= 0.3 is 5.97 Å². The normalized spacial score (nSPS) is 13.5. The molecule has 4 nitrogen and oxygen atoms in total. The molecule has 1 aliphatic rings. The largest absolute Gasteiger partial charge is 0.493 e. The number of nitriles is 1. The summed E-state index contributed by atoms with van der Waals surface area (Å²) in [5.74, 6) is 0.253. The van der Waals surface area contributed by atoms with Crippen molar-refractivity contribution in [3.63, 3.8) is 0 Å². The first-order chi connectivity index (χ1) is 8.24. The molecule has 1 aromatic rings. The highest BCUT2D eigenvalue weighted by molar-refractivity contribution is 5.97. The summed E-state index contributed by atoms with van der Waals surface area (Å²) in [6.45, 7) is 0.685. The van der Waals surface area contributed by atoms with E-state index in [4.69, 9.17) is 10.00 Å². The number of fused-ring (bicyclic) bond motifs is 1. The molecule has 0 unspecified atom stereocenters. The van der Waals surface area contributed by atoms with Crippen LogP contribution in [0.4, 0.5) is 0 Å². The van der Waals surface area contributed by atoms with E-state index in [1.54, 1.807) is 0 Å². The summed E-state index contributed by atoms with van der Waals surface area (Å²) in [4.78, 5) is 11.2. The van der Waals surface area contributed by atoms with Crippen molar-refractivity contribution in [1.82, 2.24) is 0 Å². The van der Waals surface area contributed by atoms with Gasteiger partial charge in [-0.1, -0.05) is 6.07 Å². The number of ether oxygens (including phenoxy) is 2. The SMILES string of the molecule is COC(=O)C(C#N)=Cc1ccc2c(c1)CCO2. The summed E-state index contributed by atoms with van der Waals surface area (Å²) in [6.07, 6.45) is 2.38. The second kappa shape index (κ2) is 4.71. The molecule has 17 heavy (non-hydrogen) atoms. The molecule has 0 N–H and O–H groups in total. The van der Waals surface area contributed by atoms with Crippen molar-refractivity contribution in [2.45, 2.75) is 6.42 Å². The van der Waals surface area contributed by atoms with E-state index in [1.165, 1.54) is 13.2 Å². The number of carbonyl (C=O) groups is 1. The number of hydrogen-bond donors (Lipinski definition) is 0. The molecular weight excluding hydrogens is 218 g/mol. The summed E-state index contributed by atoms with van der Waals surface area (Å²) in [5, 5.41) is 8.84. The quantitative estimate of drug-likeness (QED) is 0.440. The number of hydrogen-bond acceptors (Lipinski definition) is 4. The zero-order valence-corrected chi connectivity index (χ0v) is 9.40. The van der Waals surface area contributed by atoms with Crippen LogP contribution >= 0.6 is 0 Å². The van der Waals surface area contributed by atoms with Crippen LogP contribution in [0, 0.1) is 11.3 Å². The molecule has 0 atom stereocenters. The number of nitrogens with zero attached hydrogens (tertiary/aromatic N) is 1. The van der Waals surface area contributed by atoms with Crippen LogP contribution in [0.3, 0.4) is 0 Å². The topological polar surface area (TPSA) is 59.3 Å². The number of methoxy groups -OCH3 is 1. The van der Waals surface area contributed by atoms with E-state index in [2.05, 4.69) is 4.74 Å². The molecule has 0 saturated heterocycles. The third kappa shape index (κ3) is 2.28. The minimum absolute atomic E-state index is 0.00800. The molecule has 0 amide bonds. The van der Waals surface area contributed by atoms with Crippen molar-refractivity contribution < 1.29 is 14.3 Å². The minimum Gasteiger partial charge on any atom is -0.493 e. The van der Waals surface area contributed by atoms with Gasteiger partial charge in [0.15, 0.2) is 0 Å². The molecule has 0 bridgehead atoms. The molecule has 0 radical (unpaired) electrons. The minimum atomic E-state index is -0.621. The van der Waals surface area contributed by atoms with Gasteiger partial charge in [-0.2, -0.15) is 5.26 Å². The van der Waals surface area contributed by atoms with Crippen molar-refractivity contribution >= 4 is 12.0 Å². The Labute approximate surface area is 99.1 Å². The molecule has 1 aliphatic heterocycles. The Morgan fingerprint density at radius 3 is 3.12 bits per heavy atom. The van der Waals surface area contributed by atoms with Gasteiger partial charge in [-0.25, -0.2) is 4.79 Å². The summed E-state index contributed by atoms with van der Waals surface area (Å²) >= 11 is 0. The highest BCUT2D eigenvalue weighted by atomic mass is 16.5. The molecule has 1 heterocycles. The van der Waals surface area contributed by atoms with Crippen molar-refractivity contribution in [2.75, 3.05) is 13.7 Å². The summed E-state index contributed by atoms with van der Waals surface area (Å²) in [5.41, 5.74) is 1.89. The Bertz CT molecular complexity index is 526. The summed E-state index contributed by atoms with van der Waals surface area (Å²) in [7, 11) is 1.25. The van der Waals surface area contributed by atoms with E-state index in [0.29, 0.717) is 6.61 Å². The lowest BCUT2D eigenvalue weighted by atomic mass is 10.1. The van der Waals surface area contributed by atoms with Crippen LogP contribution in [0.1, 0.15) is 11.1 Å². The van der Waals surface area contributed by atoms with Gasteiger partial charge < -0.3 is 9.47 Å². The van der Waals surface area contributed by atoms with E-state index in [-0.39, 0.29) is 5.57 Å². The Morgan fingerprint density at radius 1 is 1.59 bits per heavy atom. The highest BCUT2D eigenvalue weighted by Crippen LogP contribution is 2.26. The molecule has 4 heteroatoms. The van der Waals surface area contributed by atoms with Crippen molar-refractivity contribution in [3.05, 3.63) is 34.9 Å². The van der Waals surface area contributed by atoms with Crippen LogP contribution in [0.15, 0.2) is 23.8 Å². The van der Waals surface area contributed by atoms with Gasteiger partial charge in [0.05, 0.1) is 13.7 Å². The second-order valence-corrected chi connectivity index (χ2v) is 3.63. The standard InChI is InChI=1S/C13H11NO3/c1-16-13(15)11(8-14)7-9-2-3-12-10(6-9)4-5-17-12/h2-3,6-7H,4-5H2,1H3. The van der Waals surface area contributed by atoms with E-state index in [1.807, 2.05) is 24.3 Å². The van der Waals surface area contributed by atoms with E-state index < -0.39 is 5.97 Å². The number of benzene rings is 1. The molecule has 0 spiro atoms. The third-order valence-corrected chi connectivity index (χ3v) is 2.55. The molecular formula is C13H11NO3. The van der Waals surface area contributed by atoms with Crippen LogP contribution in [-0.4, -0.2) is 19.7 Å². The highest BCUT2D eigenvalue weighted by Gasteiger charge is 2.13. The van der Waals surface area contributed by atoms with Crippen molar-refractivity contribution in [2.24, 2.45) is 0 Å². The first-order valence-corrected chi connectivity index (χ1v) is 5.20. The average molecular weight is 229 g/mol. The van der Waals surface area contributed by atoms with Crippen LogP contribution in [0.5, 0.6) is 5.75 Å². The Hall–Kier alpha value is -2.28. The van der Waals surface area contributed by atoms with Gasteiger partial charge in [0, 0.05) is 6.42 Å². The van der Waals surface area contributed by atoms with Crippen LogP contribution in [0.2, 0.25) is 0 Å². The van der Waals surface area contributed by atoms with Gasteiger partial charge in [-0.05, 0) is 29.3 Å². The van der Waals surface area contributed by atoms with E-state index in [9.17, 15) is 4.79 Å². The lowest BCUT2D eigenvalue weighted by Crippen LogP contribution is -2.02. The van der Waals surface area contributed by atoms with Crippen LogP contribution in [0.25, 0.3) is 6.08 Å². The Kier molecular flexibility index (Phi) is 3.10. The molecule has 0 saturated carbocycles. The number of carbonyl (C=O) groups excluding carboxylic acids is 1. The number of rotatable bonds is 2. The predicted octanol–water partition coefficient (Wildman–Crippen LogP) is 1.70.